The summed E-state index contributed by atoms with van der Waals surface area (Å²) in [6.45, 7) is 21.5. The summed E-state index contributed by atoms with van der Waals surface area (Å²) in [6.07, 6.45) is 1.46. The topological polar surface area (TPSA) is 68.8 Å². The van der Waals surface area contributed by atoms with Crippen LogP contribution < -0.4 is 9.47 Å². The molecular weight excluding hydrogens is 1260 g/mol. The molecule has 0 radical (unpaired) electrons. The Hall–Kier alpha value is -10.8. The fourth-order valence-electron chi connectivity index (χ4n) is 15.8. The van der Waals surface area contributed by atoms with E-state index < -0.39 is 34.1 Å². The van der Waals surface area contributed by atoms with Crippen LogP contribution in [-0.4, -0.2) is 32.6 Å². The van der Waals surface area contributed by atoms with E-state index in [1.807, 2.05) is 106 Å². The van der Waals surface area contributed by atoms with E-state index in [9.17, 15) is 10.2 Å². The van der Waals surface area contributed by atoms with Crippen molar-refractivity contribution in [3.05, 3.63) is 277 Å². The Kier molecular flexibility index (Phi) is 17.6. The predicted molar refractivity (Wildman–Crippen MR) is 407 cm³/mol. The molecule has 0 saturated heterocycles. The van der Waals surface area contributed by atoms with Gasteiger partial charge in [0.1, 0.15) is 11.4 Å². The lowest BCUT2D eigenvalue weighted by molar-refractivity contribution is 0.229. The Bertz CT molecular complexity index is 4940. The number of phenols is 2. The summed E-state index contributed by atoms with van der Waals surface area (Å²) >= 11 is 0. The Labute approximate surface area is 588 Å². The average molecular weight is 1340 g/mol. The minimum atomic E-state index is -1.10. The summed E-state index contributed by atoms with van der Waals surface area (Å²) < 4.78 is 83.5. The van der Waals surface area contributed by atoms with Gasteiger partial charge in [-0.2, -0.15) is 0 Å². The van der Waals surface area contributed by atoms with Gasteiger partial charge in [-0.05, 0) is 152 Å². The van der Waals surface area contributed by atoms with Crippen LogP contribution in [0.15, 0.2) is 243 Å². The molecule has 0 saturated carbocycles. The van der Waals surface area contributed by atoms with Gasteiger partial charge < -0.3 is 28.8 Å². The van der Waals surface area contributed by atoms with Crippen molar-refractivity contribution in [2.75, 3.05) is 13.2 Å². The van der Waals surface area contributed by atoms with E-state index in [1.165, 1.54) is 24.3 Å². The number of halogens is 4. The second kappa shape index (κ2) is 26.4. The average Bonchev–Trinajstić information content (AvgIpc) is 1.62. The molecule has 10 heteroatoms. The minimum absolute atomic E-state index is 0.0146. The van der Waals surface area contributed by atoms with Gasteiger partial charge >= 0.3 is 0 Å². The molecule has 2 aromatic heterocycles. The van der Waals surface area contributed by atoms with Gasteiger partial charge in [0.15, 0.2) is 46.3 Å². The number of aromatic hydroxyl groups is 2. The lowest BCUT2D eigenvalue weighted by atomic mass is 9.71. The second-order valence-corrected chi connectivity index (χ2v) is 30.6. The zero-order chi connectivity index (χ0) is 70.9. The van der Waals surface area contributed by atoms with Crippen molar-refractivity contribution in [3.63, 3.8) is 0 Å². The van der Waals surface area contributed by atoms with Gasteiger partial charge in [-0.15, -0.1) is 0 Å². The molecule has 12 aromatic carbocycles. The predicted octanol–water partition coefficient (Wildman–Crippen LogP) is 25.1. The van der Waals surface area contributed by atoms with Crippen molar-refractivity contribution in [2.24, 2.45) is 10.8 Å². The Morgan fingerprint density at radius 3 is 0.881 bits per heavy atom. The molecule has 508 valence electrons. The highest BCUT2D eigenvalue weighted by Crippen LogP contribution is 2.55. The molecular formula is C91H82F4N2O4. The van der Waals surface area contributed by atoms with Crippen LogP contribution >= 0.6 is 0 Å². The summed E-state index contributed by atoms with van der Waals surface area (Å²) in [7, 11) is 0. The third kappa shape index (κ3) is 12.9. The number of hydrogen-bond donors (Lipinski definition) is 2. The molecule has 0 amide bonds. The Morgan fingerprint density at radius 1 is 0.317 bits per heavy atom. The van der Waals surface area contributed by atoms with Crippen molar-refractivity contribution < 1.29 is 37.2 Å². The van der Waals surface area contributed by atoms with E-state index >= 15 is 17.6 Å². The molecule has 0 aliphatic carbocycles. The monoisotopic (exact) mass is 1340 g/mol. The molecule has 0 fully saturated rings. The van der Waals surface area contributed by atoms with Gasteiger partial charge in [0, 0.05) is 61.3 Å². The van der Waals surface area contributed by atoms with Gasteiger partial charge in [-0.3, -0.25) is 0 Å². The van der Waals surface area contributed by atoms with Crippen molar-refractivity contribution in [1.82, 2.24) is 9.13 Å². The molecule has 0 bridgehead atoms. The van der Waals surface area contributed by atoms with E-state index in [0.29, 0.717) is 35.5 Å². The fraction of sp³-hybridized carbons (Fsp3) is 0.209. The largest absolute Gasteiger partial charge is 0.505 e. The van der Waals surface area contributed by atoms with Crippen LogP contribution in [0.3, 0.4) is 0 Å². The molecule has 0 unspecified atom stereocenters. The van der Waals surface area contributed by atoms with E-state index in [-0.39, 0.29) is 75.6 Å². The van der Waals surface area contributed by atoms with Gasteiger partial charge in [0.25, 0.3) is 0 Å². The van der Waals surface area contributed by atoms with Crippen LogP contribution in [0.2, 0.25) is 0 Å². The second-order valence-electron chi connectivity index (χ2n) is 30.6. The third-order valence-electron chi connectivity index (χ3n) is 19.5. The zero-order valence-corrected chi connectivity index (χ0v) is 58.7. The van der Waals surface area contributed by atoms with E-state index in [0.717, 1.165) is 100 Å². The van der Waals surface area contributed by atoms with E-state index in [4.69, 9.17) is 9.47 Å². The maximum atomic E-state index is 16.7. The summed E-state index contributed by atoms with van der Waals surface area (Å²) in [5.41, 5.74) is 10.8. The highest BCUT2D eigenvalue weighted by atomic mass is 19.2. The van der Waals surface area contributed by atoms with Gasteiger partial charge in [0.05, 0.1) is 35.3 Å². The van der Waals surface area contributed by atoms with Gasteiger partial charge in [0.2, 0.25) is 0 Å². The lowest BCUT2D eigenvalue weighted by Crippen LogP contribution is -2.27. The quantitative estimate of drug-likeness (QED) is 0.0664. The van der Waals surface area contributed by atoms with Crippen LogP contribution in [0.1, 0.15) is 99.6 Å². The first kappa shape index (κ1) is 67.3. The molecule has 101 heavy (non-hydrogen) atoms. The van der Waals surface area contributed by atoms with Crippen LogP contribution in [0.5, 0.6) is 23.0 Å². The Morgan fingerprint density at radius 2 is 0.604 bits per heavy atom. The van der Waals surface area contributed by atoms with E-state index in [2.05, 4.69) is 166 Å². The normalized spacial score (nSPS) is 12.3. The number of hydrogen-bond acceptors (Lipinski definition) is 4. The first-order valence-corrected chi connectivity index (χ1v) is 34.7. The molecule has 0 aliphatic heterocycles. The maximum absolute atomic E-state index is 16.7. The number of phenolic OH excluding ortho intramolecular Hbond substituents is 2. The first-order chi connectivity index (χ1) is 48.3. The highest BCUT2D eigenvalue weighted by molar-refractivity contribution is 6.14. The van der Waals surface area contributed by atoms with Crippen LogP contribution in [0, 0.1) is 34.1 Å². The Balaban J connectivity index is 0.971. The molecule has 0 aliphatic rings. The summed E-state index contributed by atoms with van der Waals surface area (Å²) in [5, 5.41) is 30.5. The molecule has 0 atom stereocenters. The fourth-order valence-corrected chi connectivity index (χ4v) is 15.8. The number of ether oxygens (including phenoxy) is 2. The standard InChI is InChI=1S/C91H82F4N2O4/c1-88(2,3)54-90(7,8)72-52-70(64-34-23-36-74(92)80(64)94)84(98)82(96-76-42-38-60(56-26-15-11-16-27-56)48-66(76)67-49-61(39-43-77(67)96)57-28-17-12-18-29-57)86(72)100-46-25-47-101-87-73(91(9,10)55-89(4,5)6)53-71(65-35-24-37-75(93)81(65)95)85(99)83(87)97-78-44-40-62(58-30-19-13-20-31-58)50-68(78)69-51-63(41-45-79(69)97)59-32-21-14-22-33-59/h11-24,26-45,48-53,98-99H,25,46-47,54-55H2,1-10H3. The third-order valence-corrected chi connectivity index (χ3v) is 19.5. The molecule has 0 spiro atoms. The highest BCUT2D eigenvalue weighted by Gasteiger charge is 2.38. The molecule has 14 aromatic rings. The number of nitrogens with zero attached hydrogens (tertiary/aromatic N) is 2. The number of rotatable bonds is 18. The first-order valence-electron chi connectivity index (χ1n) is 34.7. The van der Waals surface area contributed by atoms with Crippen molar-refractivity contribution >= 4 is 43.6 Å². The molecule has 2 heterocycles. The number of aromatic nitrogens is 2. The summed E-state index contributed by atoms with van der Waals surface area (Å²) in [6, 6.07) is 77.3. The van der Waals surface area contributed by atoms with Crippen LogP contribution in [0.25, 0.3) is 122 Å². The summed E-state index contributed by atoms with van der Waals surface area (Å²) in [5.74, 6) is -4.23. The minimum Gasteiger partial charge on any atom is -0.505 e. The lowest BCUT2D eigenvalue weighted by Gasteiger charge is -2.36. The maximum Gasteiger partial charge on any atom is 0.166 e. The smallest absolute Gasteiger partial charge is 0.166 e. The molecule has 14 rings (SSSR count). The van der Waals surface area contributed by atoms with Crippen molar-refractivity contribution in [3.8, 4) is 101 Å². The van der Waals surface area contributed by atoms with Gasteiger partial charge in [-0.1, -0.05) is 239 Å². The number of fused-ring (bicyclic) bond motifs is 6. The number of benzene rings is 12. The SMILES string of the molecule is CC(C)(C)CC(C)(C)c1cc(-c2cccc(F)c2F)c(O)c(-n2c3ccc(-c4ccccc4)cc3c3cc(-c4ccccc4)ccc32)c1OCCCOc1c(C(C)(C)CC(C)(C)C)cc(-c2cccc(F)c2F)c(O)c1-n1c2ccc(-c3ccccc3)cc2c2cc(-c3ccccc3)ccc21. The molecule has 2 N–H and O–H groups in total. The zero-order valence-electron chi connectivity index (χ0n) is 58.7. The molecule has 6 nitrogen and oxygen atoms in total. The van der Waals surface area contributed by atoms with Crippen molar-refractivity contribution in [2.45, 2.75) is 99.3 Å². The summed E-state index contributed by atoms with van der Waals surface area (Å²) in [4.78, 5) is 0. The van der Waals surface area contributed by atoms with Crippen LogP contribution in [0.4, 0.5) is 17.6 Å². The van der Waals surface area contributed by atoms with Gasteiger partial charge in [-0.25, -0.2) is 17.6 Å². The van der Waals surface area contributed by atoms with Crippen molar-refractivity contribution in [1.29, 1.82) is 0 Å². The van der Waals surface area contributed by atoms with E-state index in [1.54, 1.807) is 12.1 Å². The van der Waals surface area contributed by atoms with Crippen LogP contribution in [-0.2, 0) is 10.8 Å².